The summed E-state index contributed by atoms with van der Waals surface area (Å²) in [6.45, 7) is 1.96. The molecule has 114 valence electrons. The van der Waals surface area contributed by atoms with Crippen LogP contribution in [0.5, 0.6) is 0 Å². The van der Waals surface area contributed by atoms with Crippen molar-refractivity contribution < 1.29 is 0 Å². The van der Waals surface area contributed by atoms with E-state index in [1.807, 2.05) is 29.8 Å². The summed E-state index contributed by atoms with van der Waals surface area (Å²) in [5.74, 6) is 0.540. The summed E-state index contributed by atoms with van der Waals surface area (Å²) in [7, 11) is 0. The lowest BCUT2D eigenvalue weighted by molar-refractivity contribution is 1.06. The Balaban J connectivity index is 1.95. The summed E-state index contributed by atoms with van der Waals surface area (Å²) < 4.78 is 1.90. The van der Waals surface area contributed by atoms with Crippen LogP contribution in [0.1, 0.15) is 5.56 Å². The maximum atomic E-state index is 12.0. The van der Waals surface area contributed by atoms with E-state index in [0.717, 1.165) is 22.3 Å². The van der Waals surface area contributed by atoms with E-state index < -0.39 is 0 Å². The van der Waals surface area contributed by atoms with Gasteiger partial charge in [0.25, 0.3) is 5.56 Å². The van der Waals surface area contributed by atoms with Crippen molar-refractivity contribution >= 4 is 16.9 Å². The van der Waals surface area contributed by atoms with Crippen LogP contribution in [0.15, 0.2) is 42.0 Å². The van der Waals surface area contributed by atoms with Gasteiger partial charge in [0, 0.05) is 18.1 Å². The number of nitrogens with two attached hydrogens (primary N) is 1. The first kappa shape index (κ1) is 13.3. The summed E-state index contributed by atoms with van der Waals surface area (Å²) >= 11 is 0. The molecule has 8 nitrogen and oxygen atoms in total. The molecule has 0 fully saturated rings. The Morgan fingerprint density at radius 3 is 2.91 bits per heavy atom. The van der Waals surface area contributed by atoms with Gasteiger partial charge in [-0.1, -0.05) is 0 Å². The summed E-state index contributed by atoms with van der Waals surface area (Å²) in [6, 6.07) is 3.95. The average molecular weight is 307 g/mol. The number of imidazole rings is 2. The molecule has 3 aromatic heterocycles. The van der Waals surface area contributed by atoms with Crippen LogP contribution in [0, 0.1) is 6.92 Å². The fourth-order valence-corrected chi connectivity index (χ4v) is 2.59. The van der Waals surface area contributed by atoms with E-state index in [-0.39, 0.29) is 16.9 Å². The Bertz CT molecular complexity index is 1060. The number of H-pyrrole nitrogens is 2. The molecule has 0 bridgehead atoms. The molecule has 8 heteroatoms. The smallest absolute Gasteiger partial charge is 0.263 e. The average Bonchev–Trinajstić information content (AvgIpc) is 3.16. The molecule has 0 spiro atoms. The summed E-state index contributed by atoms with van der Waals surface area (Å²) in [5.41, 5.74) is 9.26. The number of aryl methyl sites for hydroxylation is 1. The van der Waals surface area contributed by atoms with Crippen LogP contribution in [-0.2, 0) is 0 Å². The Labute approximate surface area is 130 Å². The Morgan fingerprint density at radius 2 is 2.17 bits per heavy atom. The predicted molar refractivity (Wildman–Crippen MR) is 86.2 cm³/mol. The van der Waals surface area contributed by atoms with E-state index in [4.69, 9.17) is 5.73 Å². The predicted octanol–water partition coefficient (Wildman–Crippen LogP) is 1.39. The number of aromatic nitrogens is 6. The van der Waals surface area contributed by atoms with Gasteiger partial charge in [0.2, 0.25) is 0 Å². The van der Waals surface area contributed by atoms with E-state index in [1.165, 1.54) is 6.33 Å². The number of aromatic amines is 2. The van der Waals surface area contributed by atoms with E-state index in [1.54, 1.807) is 12.5 Å². The minimum atomic E-state index is -0.330. The number of benzene rings is 1. The number of rotatable bonds is 2. The van der Waals surface area contributed by atoms with Crippen molar-refractivity contribution in [1.29, 1.82) is 0 Å². The maximum Gasteiger partial charge on any atom is 0.263 e. The fourth-order valence-electron chi connectivity index (χ4n) is 2.59. The zero-order valence-corrected chi connectivity index (χ0v) is 12.2. The number of nitrogen functional groups attached to an aromatic ring is 1. The van der Waals surface area contributed by atoms with Gasteiger partial charge in [-0.15, -0.1) is 0 Å². The van der Waals surface area contributed by atoms with Gasteiger partial charge in [-0.25, -0.2) is 15.0 Å². The summed E-state index contributed by atoms with van der Waals surface area (Å²) in [6.07, 6.45) is 6.57. The van der Waals surface area contributed by atoms with Crippen molar-refractivity contribution in [2.24, 2.45) is 0 Å². The van der Waals surface area contributed by atoms with Crippen LogP contribution >= 0.6 is 0 Å². The largest absolute Gasteiger partial charge is 0.383 e. The molecular weight excluding hydrogens is 294 g/mol. The van der Waals surface area contributed by atoms with Crippen molar-refractivity contribution in [3.8, 4) is 17.1 Å². The molecule has 0 aliphatic rings. The molecule has 0 saturated carbocycles. The zero-order chi connectivity index (χ0) is 16.0. The molecule has 0 aliphatic carbocycles. The molecule has 0 amide bonds. The second kappa shape index (κ2) is 4.80. The second-order valence-electron chi connectivity index (χ2n) is 5.21. The van der Waals surface area contributed by atoms with E-state index in [9.17, 15) is 4.79 Å². The van der Waals surface area contributed by atoms with Crippen molar-refractivity contribution in [3.05, 3.63) is 53.1 Å². The number of fused-ring (bicyclic) bond motifs is 1. The highest BCUT2D eigenvalue weighted by molar-refractivity contribution is 5.85. The lowest BCUT2D eigenvalue weighted by Gasteiger charge is -2.03. The molecule has 1 aromatic carbocycles. The van der Waals surface area contributed by atoms with Crippen LogP contribution in [0.2, 0.25) is 0 Å². The van der Waals surface area contributed by atoms with Gasteiger partial charge < -0.3 is 20.3 Å². The van der Waals surface area contributed by atoms with Crippen LogP contribution in [0.4, 0.5) is 5.82 Å². The lowest BCUT2D eigenvalue weighted by atomic mass is 10.2. The molecule has 0 unspecified atom stereocenters. The zero-order valence-electron chi connectivity index (χ0n) is 12.2. The molecule has 3 heterocycles. The minimum Gasteiger partial charge on any atom is -0.383 e. The first-order valence-electron chi connectivity index (χ1n) is 6.95. The van der Waals surface area contributed by atoms with Gasteiger partial charge in [-0.3, -0.25) is 4.79 Å². The summed E-state index contributed by atoms with van der Waals surface area (Å²) in [5, 5.41) is 0. The first-order chi connectivity index (χ1) is 11.1. The standard InChI is InChI=1S/C15H13N7O/c1-8-4-9(22-3-2-17-7-22)5-10-12(8)21-14(20-10)11-13(16)18-6-19-15(11)23/h2-7H,1H3,(H,20,21)(H3,16,18,19,23). The van der Waals surface area contributed by atoms with Gasteiger partial charge >= 0.3 is 0 Å². The summed E-state index contributed by atoms with van der Waals surface area (Å²) in [4.78, 5) is 30.1. The highest BCUT2D eigenvalue weighted by Gasteiger charge is 2.15. The number of hydrogen-bond acceptors (Lipinski definition) is 5. The van der Waals surface area contributed by atoms with Gasteiger partial charge in [0.15, 0.2) is 0 Å². The second-order valence-corrected chi connectivity index (χ2v) is 5.21. The third-order valence-electron chi connectivity index (χ3n) is 3.68. The molecule has 0 radical (unpaired) electrons. The van der Waals surface area contributed by atoms with Gasteiger partial charge in [-0.05, 0) is 24.6 Å². The monoisotopic (exact) mass is 307 g/mol. The lowest BCUT2D eigenvalue weighted by Crippen LogP contribution is -2.13. The molecule has 4 aromatic rings. The van der Waals surface area contributed by atoms with Crippen molar-refractivity contribution in [3.63, 3.8) is 0 Å². The maximum absolute atomic E-state index is 12.0. The number of anilines is 1. The van der Waals surface area contributed by atoms with Gasteiger partial charge in [0.05, 0.1) is 23.7 Å². The molecule has 4 rings (SSSR count). The minimum absolute atomic E-state index is 0.139. The highest BCUT2D eigenvalue weighted by Crippen LogP contribution is 2.25. The van der Waals surface area contributed by atoms with Crippen molar-refractivity contribution in [1.82, 2.24) is 29.5 Å². The van der Waals surface area contributed by atoms with Crippen LogP contribution < -0.4 is 11.3 Å². The quantitative estimate of drug-likeness (QED) is 0.517. The van der Waals surface area contributed by atoms with Crippen LogP contribution in [0.3, 0.4) is 0 Å². The fraction of sp³-hybridized carbons (Fsp3) is 0.0667. The number of nitrogens with zero attached hydrogens (tertiary/aromatic N) is 4. The van der Waals surface area contributed by atoms with Crippen LogP contribution in [-0.4, -0.2) is 29.5 Å². The third-order valence-corrected chi connectivity index (χ3v) is 3.68. The molecular formula is C15H13N7O. The first-order valence-corrected chi connectivity index (χ1v) is 6.95. The Kier molecular flexibility index (Phi) is 2.77. The van der Waals surface area contributed by atoms with E-state index in [0.29, 0.717) is 5.82 Å². The van der Waals surface area contributed by atoms with Crippen molar-refractivity contribution in [2.75, 3.05) is 5.73 Å². The molecule has 0 aliphatic heterocycles. The molecule has 4 N–H and O–H groups in total. The third kappa shape index (κ3) is 2.08. The number of hydrogen-bond donors (Lipinski definition) is 3. The highest BCUT2D eigenvalue weighted by atomic mass is 16.1. The Morgan fingerprint density at radius 1 is 1.30 bits per heavy atom. The van der Waals surface area contributed by atoms with Crippen LogP contribution in [0.25, 0.3) is 28.1 Å². The van der Waals surface area contributed by atoms with E-state index >= 15 is 0 Å². The molecule has 0 atom stereocenters. The Hall–Kier alpha value is -3.42. The molecule has 23 heavy (non-hydrogen) atoms. The van der Waals surface area contributed by atoms with Gasteiger partial charge in [0.1, 0.15) is 17.2 Å². The topological polar surface area (TPSA) is 118 Å². The number of nitrogens with one attached hydrogen (secondary N) is 2. The normalized spacial score (nSPS) is 11.2. The van der Waals surface area contributed by atoms with Gasteiger partial charge in [-0.2, -0.15) is 0 Å². The van der Waals surface area contributed by atoms with E-state index in [2.05, 4.69) is 24.9 Å². The molecule has 0 saturated heterocycles. The van der Waals surface area contributed by atoms with Crippen molar-refractivity contribution in [2.45, 2.75) is 6.92 Å². The SMILES string of the molecule is Cc1cc(-n2ccnc2)cc2[nH]c(-c3c(N)nc[nH]c3=O)nc12.